The van der Waals surface area contributed by atoms with E-state index < -0.39 is 6.85 Å². The number of rotatable bonds is 3. The van der Waals surface area contributed by atoms with E-state index in [9.17, 15) is 0 Å². The molecule has 0 fully saturated rings. The van der Waals surface area contributed by atoms with Crippen LogP contribution in [-0.2, 0) is 0 Å². The van der Waals surface area contributed by atoms with Crippen molar-refractivity contribution in [3.8, 4) is 0 Å². The Morgan fingerprint density at radius 3 is 2.60 bits per heavy atom. The van der Waals surface area contributed by atoms with E-state index in [0.717, 1.165) is 5.69 Å². The molecule has 3 nitrogen and oxygen atoms in total. The summed E-state index contributed by atoms with van der Waals surface area (Å²) in [6, 6.07) is 18.2. The molecule has 0 aliphatic carbocycles. The summed E-state index contributed by atoms with van der Waals surface area (Å²) >= 11 is 12.7. The van der Waals surface area contributed by atoms with Crippen LogP contribution in [0, 0.1) is 6.85 Å². The number of nitrogens with zero attached hydrogens (tertiary/aromatic N) is 2. The zero-order valence-electron chi connectivity index (χ0n) is 15.9. The van der Waals surface area contributed by atoms with Crippen LogP contribution in [0.2, 0.25) is 10.0 Å². The monoisotopic (exact) mass is 371 g/mol. The molecular formula is C20H14Cl2N2O. The smallest absolute Gasteiger partial charge is 0.228 e. The van der Waals surface area contributed by atoms with E-state index in [0.29, 0.717) is 26.8 Å². The van der Waals surface area contributed by atoms with Gasteiger partial charge in [0.1, 0.15) is 6.26 Å². The van der Waals surface area contributed by atoms with Crippen molar-refractivity contribution < 1.29 is 8.53 Å². The number of para-hydroxylation sites is 1. The third kappa shape index (κ3) is 2.86. The first-order valence-corrected chi connectivity index (χ1v) is 8.30. The lowest BCUT2D eigenvalue weighted by atomic mass is 10.2. The van der Waals surface area contributed by atoms with E-state index in [1.165, 1.54) is 12.3 Å². The average molecular weight is 372 g/mol. The zero-order valence-corrected chi connectivity index (χ0v) is 14.4. The minimum absolute atomic E-state index is 0.0204. The molecule has 4 aromatic rings. The average Bonchev–Trinajstić information content (AvgIpc) is 3.09. The van der Waals surface area contributed by atoms with Gasteiger partial charge in [0.05, 0.1) is 26.8 Å². The Balaban J connectivity index is 1.94. The second-order valence-corrected chi connectivity index (χ2v) is 6.20. The van der Waals surface area contributed by atoms with Gasteiger partial charge in [0, 0.05) is 15.5 Å². The van der Waals surface area contributed by atoms with Crippen molar-refractivity contribution in [1.29, 1.82) is 0 Å². The molecule has 2 aromatic carbocycles. The van der Waals surface area contributed by atoms with Crippen molar-refractivity contribution in [2.45, 2.75) is 6.85 Å². The summed E-state index contributed by atoms with van der Waals surface area (Å²) in [7, 11) is 0. The van der Waals surface area contributed by atoms with E-state index in [4.69, 9.17) is 31.7 Å². The predicted octanol–water partition coefficient (Wildman–Crippen LogP) is 6.91. The first kappa shape index (κ1) is 12.8. The number of halogens is 2. The van der Waals surface area contributed by atoms with Crippen LogP contribution in [0.4, 0.5) is 17.1 Å². The number of benzene rings is 2. The standard InChI is InChI=1S/C20H14Cl2N2O/c1-13-10-11-15-18(12-25-20(15)23-13)24(14-6-3-2-4-7-14)17-9-5-8-16(21)19(17)22/h2-12H,1H3/i1D3. The van der Waals surface area contributed by atoms with Gasteiger partial charge in [0.15, 0.2) is 0 Å². The Bertz CT molecular complexity index is 1140. The highest BCUT2D eigenvalue weighted by Gasteiger charge is 2.21. The van der Waals surface area contributed by atoms with Gasteiger partial charge in [0.2, 0.25) is 5.71 Å². The third-order valence-electron chi connectivity index (χ3n) is 3.85. The molecule has 0 saturated carbocycles. The topological polar surface area (TPSA) is 29.3 Å². The summed E-state index contributed by atoms with van der Waals surface area (Å²) in [6.07, 6.45) is 1.53. The molecule has 0 saturated heterocycles. The molecule has 25 heavy (non-hydrogen) atoms. The van der Waals surface area contributed by atoms with Crippen molar-refractivity contribution in [2.75, 3.05) is 4.90 Å². The number of aryl methyl sites for hydroxylation is 1. The first-order chi connectivity index (χ1) is 13.4. The predicted molar refractivity (Wildman–Crippen MR) is 103 cm³/mol. The molecule has 5 heteroatoms. The van der Waals surface area contributed by atoms with E-state index in [1.807, 2.05) is 47.4 Å². The Hall–Kier alpha value is -2.49. The summed E-state index contributed by atoms with van der Waals surface area (Å²) in [5.74, 6) is 0. The highest BCUT2D eigenvalue weighted by Crippen LogP contribution is 2.44. The van der Waals surface area contributed by atoms with Crippen LogP contribution in [0.25, 0.3) is 11.1 Å². The van der Waals surface area contributed by atoms with Gasteiger partial charge in [0.25, 0.3) is 0 Å². The van der Waals surface area contributed by atoms with Gasteiger partial charge in [-0.2, -0.15) is 0 Å². The van der Waals surface area contributed by atoms with Gasteiger partial charge < -0.3 is 9.32 Å². The molecule has 0 amide bonds. The van der Waals surface area contributed by atoms with Crippen LogP contribution in [0.5, 0.6) is 0 Å². The SMILES string of the molecule is [2H]C([2H])([2H])c1ccc2c(N(c3ccccc3)c3cccc(Cl)c3Cl)coc2n1. The minimum atomic E-state index is -2.31. The first-order valence-electron chi connectivity index (χ1n) is 9.04. The molecular weight excluding hydrogens is 355 g/mol. The van der Waals surface area contributed by atoms with Crippen molar-refractivity contribution in [3.05, 3.63) is 82.7 Å². The Labute approximate surface area is 159 Å². The normalized spacial score (nSPS) is 13.3. The van der Waals surface area contributed by atoms with Gasteiger partial charge in [-0.15, -0.1) is 0 Å². The molecule has 0 atom stereocenters. The molecule has 2 aromatic heterocycles. The van der Waals surface area contributed by atoms with Crippen LogP contribution in [-0.4, -0.2) is 4.98 Å². The zero-order chi connectivity index (χ0) is 19.9. The molecule has 0 bridgehead atoms. The molecule has 0 spiro atoms. The quantitative estimate of drug-likeness (QED) is 0.391. The highest BCUT2D eigenvalue weighted by molar-refractivity contribution is 6.44. The van der Waals surface area contributed by atoms with Crippen LogP contribution in [0.3, 0.4) is 0 Å². The highest BCUT2D eigenvalue weighted by atomic mass is 35.5. The summed E-state index contributed by atoms with van der Waals surface area (Å²) in [4.78, 5) is 6.06. The van der Waals surface area contributed by atoms with Crippen LogP contribution < -0.4 is 4.90 Å². The van der Waals surface area contributed by atoms with Gasteiger partial charge in [-0.05, 0) is 43.3 Å². The van der Waals surface area contributed by atoms with Crippen molar-refractivity contribution in [3.63, 3.8) is 0 Å². The van der Waals surface area contributed by atoms with Gasteiger partial charge in [-0.1, -0.05) is 47.5 Å². The number of hydrogen-bond acceptors (Lipinski definition) is 3. The third-order valence-corrected chi connectivity index (χ3v) is 4.65. The summed E-state index contributed by atoms with van der Waals surface area (Å²) in [6.45, 7) is -2.31. The fourth-order valence-corrected chi connectivity index (χ4v) is 3.10. The summed E-state index contributed by atoms with van der Waals surface area (Å²) in [5.41, 5.74) is 2.41. The van der Waals surface area contributed by atoms with Crippen LogP contribution in [0.1, 0.15) is 9.81 Å². The minimum Gasteiger partial charge on any atom is -0.444 e. The fourth-order valence-electron chi connectivity index (χ4n) is 2.72. The van der Waals surface area contributed by atoms with Crippen molar-refractivity contribution in [2.24, 2.45) is 0 Å². The summed E-state index contributed by atoms with van der Waals surface area (Å²) in [5, 5.41) is 1.48. The van der Waals surface area contributed by atoms with Gasteiger partial charge in [-0.25, -0.2) is 4.98 Å². The van der Waals surface area contributed by atoms with Gasteiger partial charge >= 0.3 is 0 Å². The van der Waals surface area contributed by atoms with E-state index in [-0.39, 0.29) is 11.4 Å². The molecule has 0 unspecified atom stereocenters. The number of pyridine rings is 1. The molecule has 0 N–H and O–H groups in total. The molecule has 2 heterocycles. The lowest BCUT2D eigenvalue weighted by molar-refractivity contribution is 0.602. The number of furan rings is 1. The van der Waals surface area contributed by atoms with Crippen LogP contribution in [0.15, 0.2) is 71.3 Å². The lowest BCUT2D eigenvalue weighted by Gasteiger charge is -2.25. The van der Waals surface area contributed by atoms with Gasteiger partial charge in [-0.3, -0.25) is 0 Å². The lowest BCUT2D eigenvalue weighted by Crippen LogP contribution is -2.10. The Morgan fingerprint density at radius 2 is 1.80 bits per heavy atom. The Morgan fingerprint density at radius 1 is 0.960 bits per heavy atom. The van der Waals surface area contributed by atoms with Crippen molar-refractivity contribution in [1.82, 2.24) is 4.98 Å². The van der Waals surface area contributed by atoms with Crippen LogP contribution >= 0.6 is 23.2 Å². The second-order valence-electron chi connectivity index (χ2n) is 5.41. The maximum Gasteiger partial charge on any atom is 0.228 e. The molecule has 0 radical (unpaired) electrons. The maximum absolute atomic E-state index is 7.55. The number of fused-ring (bicyclic) bond motifs is 1. The van der Waals surface area contributed by atoms with E-state index in [2.05, 4.69) is 4.98 Å². The van der Waals surface area contributed by atoms with E-state index >= 15 is 0 Å². The molecule has 0 aliphatic rings. The fraction of sp³-hybridized carbons (Fsp3) is 0.0500. The molecule has 124 valence electrons. The number of anilines is 3. The maximum atomic E-state index is 7.55. The molecule has 4 rings (SSSR count). The van der Waals surface area contributed by atoms with Crippen molar-refractivity contribution >= 4 is 51.4 Å². The van der Waals surface area contributed by atoms with E-state index in [1.54, 1.807) is 12.1 Å². The number of aromatic nitrogens is 1. The molecule has 0 aliphatic heterocycles. The second kappa shape index (κ2) is 6.43. The largest absolute Gasteiger partial charge is 0.444 e. The summed E-state index contributed by atoms with van der Waals surface area (Å²) < 4.78 is 28.2. The number of hydrogen-bond donors (Lipinski definition) is 0. The Kier molecular flexibility index (Phi) is 3.30.